The Hall–Kier alpha value is -2.52. The summed E-state index contributed by atoms with van der Waals surface area (Å²) in [4.78, 5) is 10.9. The van der Waals surface area contributed by atoms with E-state index in [2.05, 4.69) is 47.4 Å². The van der Waals surface area contributed by atoms with E-state index in [0.29, 0.717) is 26.8 Å². The Morgan fingerprint density at radius 1 is 1.34 bits per heavy atom. The van der Waals surface area contributed by atoms with Crippen molar-refractivity contribution in [3.63, 3.8) is 0 Å². The van der Waals surface area contributed by atoms with E-state index in [1.165, 1.54) is 12.3 Å². The minimum atomic E-state index is -2.46. The number of aromatic nitrogens is 5. The van der Waals surface area contributed by atoms with Crippen molar-refractivity contribution in [3.05, 3.63) is 34.8 Å². The summed E-state index contributed by atoms with van der Waals surface area (Å²) < 4.78 is 40.8. The Kier molecular flexibility index (Phi) is 3.58. The molecule has 0 amide bonds. The maximum atomic E-state index is 14.5. The van der Waals surface area contributed by atoms with E-state index in [-0.39, 0.29) is 17.8 Å². The fourth-order valence-corrected chi connectivity index (χ4v) is 4.52. The molecule has 0 saturated carbocycles. The van der Waals surface area contributed by atoms with Gasteiger partial charge in [-0.15, -0.1) is 0 Å². The van der Waals surface area contributed by atoms with E-state index in [9.17, 15) is 4.39 Å². The molecule has 0 bridgehead atoms. The van der Waals surface area contributed by atoms with Crippen LogP contribution in [0.3, 0.4) is 0 Å². The van der Waals surface area contributed by atoms with E-state index in [1.54, 1.807) is 6.07 Å². The standard InChI is InChI=1S/C20H21BrFN7/c1-3-28-5-4-11(8-28)29-9-13(12-6-14(21)15(22)7-17(12)29)18-19-16(10-27(2)26-19)24-20(23)25-18/h6-7,9-11H,3-5,8H2,1-2H3,(H2,23,24)/i2D3. The number of hydrogen-bond acceptors (Lipinski definition) is 5. The number of hydrogen-bond donors (Lipinski definition) is 1. The van der Waals surface area contributed by atoms with Crippen LogP contribution >= 0.6 is 15.9 Å². The molecule has 150 valence electrons. The van der Waals surface area contributed by atoms with Gasteiger partial charge in [0.1, 0.15) is 22.5 Å². The topological polar surface area (TPSA) is 77.8 Å². The molecule has 2 N–H and O–H groups in total. The second-order valence-electron chi connectivity index (χ2n) is 7.31. The maximum absolute atomic E-state index is 14.5. The molecule has 0 spiro atoms. The molecule has 1 aromatic carbocycles. The van der Waals surface area contributed by atoms with Crippen molar-refractivity contribution >= 4 is 43.8 Å². The lowest BCUT2D eigenvalue weighted by Crippen LogP contribution is -2.20. The number of nitrogens with two attached hydrogens (primary N) is 1. The van der Waals surface area contributed by atoms with Gasteiger partial charge in [0.25, 0.3) is 0 Å². The molecule has 3 aromatic heterocycles. The van der Waals surface area contributed by atoms with E-state index >= 15 is 0 Å². The quantitative estimate of drug-likeness (QED) is 0.503. The third-order valence-electron chi connectivity index (χ3n) is 5.60. The van der Waals surface area contributed by atoms with Crippen molar-refractivity contribution in [2.24, 2.45) is 6.98 Å². The molecular formula is C20H21BrFN7. The van der Waals surface area contributed by atoms with Gasteiger partial charge in [0.15, 0.2) is 0 Å². The summed E-state index contributed by atoms with van der Waals surface area (Å²) in [6.07, 6.45) is 4.23. The van der Waals surface area contributed by atoms with Crippen molar-refractivity contribution in [2.75, 3.05) is 25.4 Å². The van der Waals surface area contributed by atoms with Gasteiger partial charge in [-0.25, -0.2) is 14.4 Å². The van der Waals surface area contributed by atoms with Crippen molar-refractivity contribution < 1.29 is 8.50 Å². The molecule has 1 fully saturated rings. The van der Waals surface area contributed by atoms with Crippen LogP contribution in [0.25, 0.3) is 33.2 Å². The van der Waals surface area contributed by atoms with Crippen LogP contribution in [0.4, 0.5) is 10.3 Å². The van der Waals surface area contributed by atoms with Crippen LogP contribution in [-0.4, -0.2) is 48.8 Å². The molecule has 4 heterocycles. The van der Waals surface area contributed by atoms with Gasteiger partial charge >= 0.3 is 0 Å². The first kappa shape index (κ1) is 15.3. The lowest BCUT2D eigenvalue weighted by molar-refractivity contribution is 0.343. The molecule has 1 aliphatic heterocycles. The number of halogens is 2. The maximum Gasteiger partial charge on any atom is 0.221 e. The van der Waals surface area contributed by atoms with E-state index in [4.69, 9.17) is 9.85 Å². The molecule has 1 aliphatic rings. The number of rotatable bonds is 3. The molecule has 9 heteroatoms. The predicted molar refractivity (Wildman–Crippen MR) is 115 cm³/mol. The summed E-state index contributed by atoms with van der Waals surface area (Å²) >= 11 is 3.29. The molecule has 29 heavy (non-hydrogen) atoms. The van der Waals surface area contributed by atoms with Crippen molar-refractivity contribution in [2.45, 2.75) is 19.4 Å². The SMILES string of the molecule is [2H]C([2H])([2H])n1cc2nc(N)nc(-c3cn(C4CCN(CC)C4)c4cc(F)c(Br)cc34)c2n1. The minimum absolute atomic E-state index is 0.0118. The Labute approximate surface area is 179 Å². The van der Waals surface area contributed by atoms with Crippen LogP contribution in [0.2, 0.25) is 0 Å². The average Bonchev–Trinajstić information content (AvgIpc) is 3.44. The van der Waals surface area contributed by atoms with Crippen molar-refractivity contribution in [3.8, 4) is 11.3 Å². The largest absolute Gasteiger partial charge is 0.368 e. The first-order chi connectivity index (χ1) is 15.2. The number of likely N-dealkylation sites (tertiary alicyclic amines) is 1. The summed E-state index contributed by atoms with van der Waals surface area (Å²) in [6, 6.07) is 3.41. The molecule has 0 radical (unpaired) electrons. The summed E-state index contributed by atoms with van der Waals surface area (Å²) in [6.45, 7) is 2.47. The lowest BCUT2D eigenvalue weighted by atomic mass is 10.1. The molecule has 7 nitrogen and oxygen atoms in total. The monoisotopic (exact) mass is 460 g/mol. The molecule has 0 aliphatic carbocycles. The Morgan fingerprint density at radius 2 is 2.21 bits per heavy atom. The fourth-order valence-electron chi connectivity index (χ4n) is 4.18. The number of anilines is 1. The van der Waals surface area contributed by atoms with Crippen LogP contribution < -0.4 is 5.73 Å². The van der Waals surface area contributed by atoms with Gasteiger partial charge in [-0.05, 0) is 41.0 Å². The molecule has 1 atom stereocenters. The number of aryl methyl sites for hydroxylation is 1. The minimum Gasteiger partial charge on any atom is -0.368 e. The normalized spacial score (nSPS) is 19.7. The molecule has 4 aromatic rings. The summed E-state index contributed by atoms with van der Waals surface area (Å²) in [5.41, 5.74) is 8.49. The number of nitrogen functional groups attached to an aromatic ring is 1. The van der Waals surface area contributed by atoms with Crippen LogP contribution in [0.15, 0.2) is 29.0 Å². The highest BCUT2D eigenvalue weighted by Gasteiger charge is 2.26. The number of nitrogens with zero attached hydrogens (tertiary/aromatic N) is 6. The van der Waals surface area contributed by atoms with Gasteiger partial charge < -0.3 is 15.2 Å². The number of benzene rings is 1. The summed E-state index contributed by atoms with van der Waals surface area (Å²) in [5, 5.41) is 5.02. The van der Waals surface area contributed by atoms with Gasteiger partial charge in [-0.2, -0.15) is 5.10 Å². The molecular weight excluding hydrogens is 437 g/mol. The smallest absolute Gasteiger partial charge is 0.221 e. The van der Waals surface area contributed by atoms with Crippen LogP contribution in [0.1, 0.15) is 23.5 Å². The van der Waals surface area contributed by atoms with Crippen molar-refractivity contribution in [1.29, 1.82) is 0 Å². The second kappa shape index (κ2) is 6.77. The zero-order valence-corrected chi connectivity index (χ0v) is 17.3. The highest BCUT2D eigenvalue weighted by atomic mass is 79.9. The second-order valence-corrected chi connectivity index (χ2v) is 8.16. The zero-order valence-electron chi connectivity index (χ0n) is 18.7. The predicted octanol–water partition coefficient (Wildman–Crippen LogP) is 3.74. The Bertz CT molecular complexity index is 1350. The third kappa shape index (κ3) is 3.00. The summed E-state index contributed by atoms with van der Waals surface area (Å²) in [7, 11) is 0. The van der Waals surface area contributed by atoms with Gasteiger partial charge in [-0.1, -0.05) is 6.92 Å². The number of likely N-dealkylation sites (N-methyl/N-ethyl adjacent to an activating group) is 1. The highest BCUT2D eigenvalue weighted by molar-refractivity contribution is 9.10. The zero-order chi connectivity index (χ0) is 22.8. The van der Waals surface area contributed by atoms with E-state index in [0.717, 1.165) is 41.6 Å². The van der Waals surface area contributed by atoms with Crippen LogP contribution in [0, 0.1) is 5.82 Å². The number of fused-ring (bicyclic) bond motifs is 2. The van der Waals surface area contributed by atoms with Crippen LogP contribution in [-0.2, 0) is 6.98 Å². The lowest BCUT2D eigenvalue weighted by Gasteiger charge is -2.16. The van der Waals surface area contributed by atoms with Crippen LogP contribution in [0.5, 0.6) is 0 Å². The fraction of sp³-hybridized carbons (Fsp3) is 0.350. The first-order valence-corrected chi connectivity index (χ1v) is 10.2. The Balaban J connectivity index is 1.77. The highest BCUT2D eigenvalue weighted by Crippen LogP contribution is 2.38. The molecule has 1 saturated heterocycles. The van der Waals surface area contributed by atoms with Gasteiger partial charge in [0, 0.05) is 47.4 Å². The van der Waals surface area contributed by atoms with Gasteiger partial charge in [0.2, 0.25) is 5.95 Å². The summed E-state index contributed by atoms with van der Waals surface area (Å²) in [5.74, 6) is -0.342. The van der Waals surface area contributed by atoms with E-state index < -0.39 is 6.98 Å². The first-order valence-electron chi connectivity index (χ1n) is 10.9. The van der Waals surface area contributed by atoms with Gasteiger partial charge in [0.05, 0.1) is 16.2 Å². The van der Waals surface area contributed by atoms with Crippen molar-refractivity contribution in [1.82, 2.24) is 29.2 Å². The molecule has 5 rings (SSSR count). The van der Waals surface area contributed by atoms with E-state index in [1.807, 2.05) is 6.20 Å². The Morgan fingerprint density at radius 3 is 2.97 bits per heavy atom. The molecule has 1 unspecified atom stereocenters. The third-order valence-corrected chi connectivity index (χ3v) is 6.21. The van der Waals surface area contributed by atoms with Gasteiger partial charge in [-0.3, -0.25) is 4.68 Å². The average molecular weight is 461 g/mol.